The number of nitrogens with one attached hydrogen (secondary N) is 1. The van der Waals surface area contributed by atoms with E-state index >= 15 is 0 Å². The van der Waals surface area contributed by atoms with Crippen molar-refractivity contribution in [2.24, 2.45) is 17.8 Å². The molecule has 3 heteroatoms. The molecule has 1 aromatic heterocycles. The third kappa shape index (κ3) is 6.89. The predicted molar refractivity (Wildman–Crippen MR) is 168 cm³/mol. The van der Waals surface area contributed by atoms with Crippen LogP contribution in [0.2, 0.25) is 0 Å². The lowest BCUT2D eigenvalue weighted by Gasteiger charge is -2.28. The second-order valence-electron chi connectivity index (χ2n) is 11.5. The number of thiophene rings is 1. The van der Waals surface area contributed by atoms with Gasteiger partial charge in [0.05, 0.1) is 0 Å². The lowest BCUT2D eigenvalue weighted by atomic mass is 9.76. The van der Waals surface area contributed by atoms with Crippen LogP contribution in [0.5, 0.6) is 0 Å². The largest absolute Gasteiger partial charge is 0.355 e. The van der Waals surface area contributed by atoms with Crippen LogP contribution in [-0.4, -0.2) is 5.78 Å². The number of ketones is 1. The maximum atomic E-state index is 13.4. The maximum Gasteiger partial charge on any atom is 0.166 e. The summed E-state index contributed by atoms with van der Waals surface area (Å²) in [4.78, 5) is 15.9. The third-order valence-corrected chi connectivity index (χ3v) is 9.39. The molecule has 0 amide bonds. The highest BCUT2D eigenvalue weighted by atomic mass is 32.1. The first-order valence-corrected chi connectivity index (χ1v) is 15.5. The van der Waals surface area contributed by atoms with E-state index in [9.17, 15) is 4.79 Å². The number of carbonyl (C=O) groups is 1. The van der Waals surface area contributed by atoms with Crippen LogP contribution in [0.1, 0.15) is 75.2 Å². The van der Waals surface area contributed by atoms with Gasteiger partial charge in [0.1, 0.15) is 0 Å². The van der Waals surface area contributed by atoms with Crippen LogP contribution >= 0.6 is 11.3 Å². The molecule has 0 saturated heterocycles. The van der Waals surface area contributed by atoms with Crippen molar-refractivity contribution in [3.8, 4) is 20.9 Å². The first-order chi connectivity index (χ1) is 19.0. The lowest BCUT2D eigenvalue weighted by molar-refractivity contribution is 0.0868. The van der Waals surface area contributed by atoms with E-state index in [-0.39, 0.29) is 5.92 Å². The second kappa shape index (κ2) is 12.8. The summed E-state index contributed by atoms with van der Waals surface area (Å²) in [6, 6.07) is 29.8. The average molecular weight is 536 g/mol. The van der Waals surface area contributed by atoms with Gasteiger partial charge in [-0.3, -0.25) is 4.79 Å². The maximum absolute atomic E-state index is 13.4. The van der Waals surface area contributed by atoms with E-state index in [1.54, 1.807) is 0 Å². The number of benzene rings is 3. The Balaban J connectivity index is 1.25. The molecule has 2 nitrogen and oxygen atoms in total. The molecule has 5 rings (SSSR count). The Morgan fingerprint density at radius 1 is 0.846 bits per heavy atom. The molecule has 1 heterocycles. The van der Waals surface area contributed by atoms with Crippen molar-refractivity contribution in [1.29, 1.82) is 0 Å². The summed E-state index contributed by atoms with van der Waals surface area (Å²) in [7, 11) is 0. The summed E-state index contributed by atoms with van der Waals surface area (Å²) in [5.41, 5.74) is 6.75. The monoisotopic (exact) mass is 535 g/mol. The Morgan fingerprint density at radius 2 is 1.56 bits per heavy atom. The number of hydrogen-bond donors (Lipinski definition) is 1. The summed E-state index contributed by atoms with van der Waals surface area (Å²) in [6.45, 7) is 6.82. The minimum absolute atomic E-state index is 0.171. The summed E-state index contributed by atoms with van der Waals surface area (Å²) in [6.07, 6.45) is 8.11. The van der Waals surface area contributed by atoms with E-state index in [1.165, 1.54) is 52.1 Å². The molecule has 202 valence electrons. The van der Waals surface area contributed by atoms with Gasteiger partial charge in [-0.05, 0) is 97.0 Å². The summed E-state index contributed by atoms with van der Waals surface area (Å²) >= 11 is 1.84. The smallest absolute Gasteiger partial charge is 0.166 e. The molecule has 4 aromatic rings. The van der Waals surface area contributed by atoms with E-state index in [1.807, 2.05) is 29.5 Å². The lowest BCUT2D eigenvalue weighted by Crippen LogP contribution is -2.22. The van der Waals surface area contributed by atoms with Gasteiger partial charge in [-0.1, -0.05) is 82.1 Å². The molecule has 0 spiro atoms. The van der Waals surface area contributed by atoms with Crippen LogP contribution < -0.4 is 5.32 Å². The van der Waals surface area contributed by atoms with Crippen molar-refractivity contribution in [2.75, 3.05) is 5.32 Å². The van der Waals surface area contributed by atoms with Crippen LogP contribution in [0.4, 0.5) is 11.4 Å². The molecule has 1 N–H and O–H groups in total. The standard InChI is InChI=1S/C36H41NOS/c1-4-27-9-5-6-14-33(27)35-22-21-34(39-35)29-10-7-12-31(23-29)37-32-13-8-11-30(24-32)36(38)28-19-17-26(18-20-28)16-15-25(2)3/h5-14,21-26,28,37H,4,15-20H2,1-3H3. The van der Waals surface area contributed by atoms with Crippen LogP contribution in [0.25, 0.3) is 20.9 Å². The van der Waals surface area contributed by atoms with Gasteiger partial charge >= 0.3 is 0 Å². The quantitative estimate of drug-likeness (QED) is 0.205. The number of anilines is 2. The van der Waals surface area contributed by atoms with Gasteiger partial charge < -0.3 is 5.32 Å². The van der Waals surface area contributed by atoms with E-state index in [2.05, 4.69) is 92.8 Å². The first kappa shape index (κ1) is 27.4. The molecule has 1 saturated carbocycles. The minimum atomic E-state index is 0.171. The van der Waals surface area contributed by atoms with Crippen molar-refractivity contribution in [3.05, 3.63) is 96.1 Å². The number of Topliss-reactive ketones (excluding diaryl/α,β-unsaturated/α-hetero) is 1. The van der Waals surface area contributed by atoms with E-state index in [4.69, 9.17) is 0 Å². The minimum Gasteiger partial charge on any atom is -0.355 e. The van der Waals surface area contributed by atoms with Gasteiger partial charge in [-0.2, -0.15) is 0 Å². The summed E-state index contributed by atoms with van der Waals surface area (Å²) < 4.78 is 0. The molecule has 0 atom stereocenters. The summed E-state index contributed by atoms with van der Waals surface area (Å²) in [5.74, 6) is 2.06. The fourth-order valence-corrected chi connectivity index (χ4v) is 6.95. The summed E-state index contributed by atoms with van der Waals surface area (Å²) in [5, 5.41) is 3.56. The zero-order chi connectivity index (χ0) is 27.2. The van der Waals surface area contributed by atoms with Gasteiger partial charge in [-0.15, -0.1) is 11.3 Å². The Labute approximate surface area is 238 Å². The zero-order valence-electron chi connectivity index (χ0n) is 23.6. The fourth-order valence-electron chi connectivity index (χ4n) is 5.89. The molecule has 39 heavy (non-hydrogen) atoms. The van der Waals surface area contributed by atoms with Crippen molar-refractivity contribution < 1.29 is 4.79 Å². The van der Waals surface area contributed by atoms with Gasteiger partial charge in [-0.25, -0.2) is 0 Å². The third-order valence-electron chi connectivity index (χ3n) is 8.22. The Kier molecular flexibility index (Phi) is 8.98. The van der Waals surface area contributed by atoms with Crippen molar-refractivity contribution >= 4 is 28.5 Å². The fraction of sp³-hybridized carbons (Fsp3) is 0.361. The molecule has 3 aromatic carbocycles. The van der Waals surface area contributed by atoms with Crippen LogP contribution in [0.15, 0.2) is 84.9 Å². The Morgan fingerprint density at radius 3 is 2.33 bits per heavy atom. The van der Waals surface area contributed by atoms with Gasteiger partial charge in [0.15, 0.2) is 5.78 Å². The van der Waals surface area contributed by atoms with Crippen molar-refractivity contribution in [2.45, 2.75) is 65.7 Å². The Hall–Kier alpha value is -3.17. The molecule has 0 unspecified atom stereocenters. The van der Waals surface area contributed by atoms with Crippen LogP contribution in [0, 0.1) is 17.8 Å². The molecule has 1 aliphatic carbocycles. The zero-order valence-corrected chi connectivity index (χ0v) is 24.4. The highest BCUT2D eigenvalue weighted by Gasteiger charge is 2.27. The number of carbonyl (C=O) groups excluding carboxylic acids is 1. The number of rotatable bonds is 10. The second-order valence-corrected chi connectivity index (χ2v) is 12.6. The molecule has 1 fully saturated rings. The first-order valence-electron chi connectivity index (χ1n) is 14.7. The van der Waals surface area contributed by atoms with Crippen LogP contribution in [-0.2, 0) is 6.42 Å². The van der Waals surface area contributed by atoms with E-state index in [0.29, 0.717) is 5.78 Å². The van der Waals surface area contributed by atoms with Crippen molar-refractivity contribution in [3.63, 3.8) is 0 Å². The topological polar surface area (TPSA) is 29.1 Å². The van der Waals surface area contributed by atoms with Gasteiger partial charge in [0, 0.05) is 32.6 Å². The molecule has 0 bridgehead atoms. The normalized spacial score (nSPS) is 17.3. The van der Waals surface area contributed by atoms with E-state index in [0.717, 1.165) is 48.0 Å². The number of hydrogen-bond acceptors (Lipinski definition) is 3. The molecule has 0 radical (unpaired) electrons. The Bertz CT molecular complexity index is 1390. The molecule has 1 aliphatic rings. The van der Waals surface area contributed by atoms with Gasteiger partial charge in [0.2, 0.25) is 0 Å². The molecular weight excluding hydrogens is 494 g/mol. The van der Waals surface area contributed by atoms with Gasteiger partial charge in [0.25, 0.3) is 0 Å². The highest BCUT2D eigenvalue weighted by Crippen LogP contribution is 2.38. The molecule has 0 aliphatic heterocycles. The SMILES string of the molecule is CCc1ccccc1-c1ccc(-c2cccc(Nc3cccc(C(=O)C4CCC(CCC(C)C)CC4)c3)c2)s1. The predicted octanol–water partition coefficient (Wildman–Crippen LogP) is 10.8. The average Bonchev–Trinajstić information content (AvgIpc) is 3.47. The van der Waals surface area contributed by atoms with Crippen molar-refractivity contribution in [1.82, 2.24) is 0 Å². The number of aryl methyl sites for hydroxylation is 1. The highest BCUT2D eigenvalue weighted by molar-refractivity contribution is 7.18. The van der Waals surface area contributed by atoms with E-state index < -0.39 is 0 Å². The molecular formula is C36H41NOS. The van der Waals surface area contributed by atoms with Crippen LogP contribution in [0.3, 0.4) is 0 Å².